The zero-order valence-corrected chi connectivity index (χ0v) is 24.4. The van der Waals surface area contributed by atoms with Gasteiger partial charge in [-0.25, -0.2) is 4.68 Å². The zero-order chi connectivity index (χ0) is 28.3. The number of nitrogens with zero attached hydrogens (tertiary/aromatic N) is 4. The van der Waals surface area contributed by atoms with Crippen LogP contribution in [0.5, 0.6) is 0 Å². The van der Waals surface area contributed by atoms with Gasteiger partial charge in [0.15, 0.2) is 5.69 Å². The standard InChI is InChI=1S/C23H25N5O2.C4H10.2C2H6.H2/c1-24-22(29)16-27(18-10-5-6-11-18)23(30)20-14-21(17-8-3-2-4-9-17)28(26-20)19-12-7-13-25-15-19;1-3-4-2;2*1-2;/h2-4,7-9,12-15,18H,5-6,10-11,16H2,1H3,(H,24,29);3-4H2,1-2H3;2*1-2H3;1H. The molecule has 1 aliphatic carbocycles. The number of rotatable bonds is 7. The number of nitrogens with one attached hydrogen (secondary N) is 1. The lowest BCUT2D eigenvalue weighted by Gasteiger charge is -2.27. The minimum Gasteiger partial charge on any atom is -0.358 e. The van der Waals surface area contributed by atoms with Gasteiger partial charge >= 0.3 is 0 Å². The Morgan fingerprint density at radius 3 is 2.16 bits per heavy atom. The second-order valence-corrected chi connectivity index (χ2v) is 8.45. The van der Waals surface area contributed by atoms with E-state index in [1.54, 1.807) is 35.1 Å². The number of hydrogen-bond acceptors (Lipinski definition) is 4. The first-order chi connectivity index (χ1) is 18.6. The molecule has 210 valence electrons. The average molecular weight is 524 g/mol. The molecule has 38 heavy (non-hydrogen) atoms. The molecule has 7 heteroatoms. The Morgan fingerprint density at radius 2 is 1.63 bits per heavy atom. The molecule has 1 aromatic carbocycles. The molecule has 7 nitrogen and oxygen atoms in total. The summed E-state index contributed by atoms with van der Waals surface area (Å²) < 4.78 is 1.74. The highest BCUT2D eigenvalue weighted by molar-refractivity contribution is 5.96. The van der Waals surface area contributed by atoms with Crippen LogP contribution in [0, 0.1) is 0 Å². The zero-order valence-electron chi connectivity index (χ0n) is 24.4. The average Bonchev–Trinajstić information content (AvgIpc) is 3.70. The summed E-state index contributed by atoms with van der Waals surface area (Å²) in [6, 6.07) is 15.4. The second-order valence-electron chi connectivity index (χ2n) is 8.45. The third-order valence-corrected chi connectivity index (χ3v) is 6.01. The van der Waals surface area contributed by atoms with Crippen molar-refractivity contribution in [3.8, 4) is 16.9 Å². The number of pyridine rings is 1. The van der Waals surface area contributed by atoms with E-state index in [0.29, 0.717) is 5.69 Å². The van der Waals surface area contributed by atoms with Gasteiger partial charge in [-0.3, -0.25) is 14.6 Å². The van der Waals surface area contributed by atoms with E-state index in [2.05, 4.69) is 29.2 Å². The SMILES string of the molecule is CC.CC.CCCC.CNC(=O)CN(C(=O)c1cc(-c2ccccc2)n(-c2cccnc2)n1)C1CCCC1.[HH]. The number of benzene rings is 1. The molecular formula is C31H49N5O2. The molecule has 1 saturated carbocycles. The van der Waals surface area contributed by atoms with Crippen LogP contribution in [-0.4, -0.2) is 51.1 Å². The van der Waals surface area contributed by atoms with Crippen LogP contribution >= 0.6 is 0 Å². The van der Waals surface area contributed by atoms with E-state index in [1.165, 1.54) is 12.8 Å². The van der Waals surface area contributed by atoms with Gasteiger partial charge in [-0.05, 0) is 31.0 Å². The number of hydrogen-bond donors (Lipinski definition) is 1. The van der Waals surface area contributed by atoms with Gasteiger partial charge in [0.1, 0.15) is 6.54 Å². The van der Waals surface area contributed by atoms with Crippen molar-refractivity contribution in [3.63, 3.8) is 0 Å². The molecule has 2 heterocycles. The third-order valence-electron chi connectivity index (χ3n) is 6.01. The molecule has 2 amide bonds. The van der Waals surface area contributed by atoms with Crippen molar-refractivity contribution in [1.29, 1.82) is 0 Å². The summed E-state index contributed by atoms with van der Waals surface area (Å²) in [6.07, 6.45) is 10.0. The summed E-state index contributed by atoms with van der Waals surface area (Å²) in [4.78, 5) is 31.4. The van der Waals surface area contributed by atoms with Crippen molar-refractivity contribution in [2.45, 2.75) is 86.1 Å². The molecule has 0 spiro atoms. The Morgan fingerprint density at radius 1 is 1.00 bits per heavy atom. The monoisotopic (exact) mass is 523 g/mol. The van der Waals surface area contributed by atoms with Crippen molar-refractivity contribution in [2.75, 3.05) is 13.6 Å². The van der Waals surface area contributed by atoms with Crippen molar-refractivity contribution < 1.29 is 11.0 Å². The van der Waals surface area contributed by atoms with Crippen molar-refractivity contribution in [3.05, 3.63) is 66.6 Å². The number of carbonyl (C=O) groups excluding carboxylic acids is 2. The molecule has 1 N–H and O–H groups in total. The summed E-state index contributed by atoms with van der Waals surface area (Å²) in [5.41, 5.74) is 2.85. The van der Waals surface area contributed by atoms with Crippen LogP contribution in [0.15, 0.2) is 60.9 Å². The molecule has 2 aromatic heterocycles. The largest absolute Gasteiger partial charge is 0.358 e. The summed E-state index contributed by atoms with van der Waals surface area (Å²) in [5.74, 6) is -0.393. The quantitative estimate of drug-likeness (QED) is 0.356. The molecule has 1 fully saturated rings. The third kappa shape index (κ3) is 9.43. The molecule has 0 aliphatic heterocycles. The highest BCUT2D eigenvalue weighted by atomic mass is 16.2. The Labute approximate surface area is 231 Å². The maximum atomic E-state index is 13.5. The minimum absolute atomic E-state index is 0. The molecule has 0 atom stereocenters. The fraction of sp³-hybridized carbons (Fsp3) is 0.484. The first-order valence-electron chi connectivity index (χ1n) is 14.2. The second kappa shape index (κ2) is 18.7. The lowest BCUT2D eigenvalue weighted by atomic mass is 10.1. The van der Waals surface area contributed by atoms with Crippen LogP contribution in [0.1, 0.15) is 92.0 Å². The van der Waals surface area contributed by atoms with Crippen LogP contribution in [0.4, 0.5) is 0 Å². The number of carbonyl (C=O) groups is 2. The Bertz CT molecular complexity index is 992. The maximum absolute atomic E-state index is 13.5. The van der Waals surface area contributed by atoms with Crippen LogP contribution < -0.4 is 5.32 Å². The summed E-state index contributed by atoms with van der Waals surface area (Å²) in [5, 5.41) is 7.26. The Balaban J connectivity index is 0.00000145. The van der Waals surface area contributed by atoms with Gasteiger partial charge in [0, 0.05) is 26.3 Å². The number of amides is 2. The molecular weight excluding hydrogens is 474 g/mol. The first-order valence-corrected chi connectivity index (χ1v) is 14.2. The van der Waals surface area contributed by atoms with E-state index in [4.69, 9.17) is 0 Å². The highest BCUT2D eigenvalue weighted by Crippen LogP contribution is 2.27. The van der Waals surface area contributed by atoms with Gasteiger partial charge in [0.25, 0.3) is 5.91 Å². The molecule has 0 saturated heterocycles. The van der Waals surface area contributed by atoms with Crippen molar-refractivity contribution >= 4 is 11.8 Å². The maximum Gasteiger partial charge on any atom is 0.275 e. The number of aromatic nitrogens is 3. The molecule has 0 unspecified atom stereocenters. The summed E-state index contributed by atoms with van der Waals surface area (Å²) in [6.45, 7) is 12.4. The Kier molecular flexibility index (Phi) is 16.0. The van der Waals surface area contributed by atoms with Crippen LogP contribution in [0.3, 0.4) is 0 Å². The number of unbranched alkanes of at least 4 members (excludes halogenated alkanes) is 1. The van der Waals surface area contributed by atoms with Crippen molar-refractivity contribution in [1.82, 2.24) is 25.0 Å². The molecule has 1 aliphatic rings. The number of likely N-dealkylation sites (N-methyl/N-ethyl adjacent to an activating group) is 1. The van der Waals surface area contributed by atoms with Gasteiger partial charge in [-0.15, -0.1) is 0 Å². The van der Waals surface area contributed by atoms with Gasteiger partial charge < -0.3 is 10.2 Å². The van der Waals surface area contributed by atoms with Gasteiger partial charge in [-0.1, -0.05) is 97.6 Å². The van der Waals surface area contributed by atoms with Crippen LogP contribution in [0.2, 0.25) is 0 Å². The minimum atomic E-state index is -0.217. The molecule has 0 radical (unpaired) electrons. The normalized spacial score (nSPS) is 12.1. The molecule has 0 bridgehead atoms. The molecule has 4 rings (SSSR count). The smallest absolute Gasteiger partial charge is 0.275 e. The van der Waals surface area contributed by atoms with E-state index in [1.807, 2.05) is 70.2 Å². The predicted molar refractivity (Wildman–Crippen MR) is 160 cm³/mol. The van der Waals surface area contributed by atoms with E-state index in [9.17, 15) is 9.59 Å². The van der Waals surface area contributed by atoms with E-state index in [-0.39, 0.29) is 25.8 Å². The van der Waals surface area contributed by atoms with Crippen molar-refractivity contribution in [2.24, 2.45) is 0 Å². The topological polar surface area (TPSA) is 80.1 Å². The lowest BCUT2D eigenvalue weighted by Crippen LogP contribution is -2.45. The van der Waals surface area contributed by atoms with Gasteiger partial charge in [-0.2, -0.15) is 5.10 Å². The fourth-order valence-corrected chi connectivity index (χ4v) is 3.94. The van der Waals surface area contributed by atoms with Crippen LogP contribution in [0.25, 0.3) is 16.9 Å². The van der Waals surface area contributed by atoms with Crippen LogP contribution in [-0.2, 0) is 4.79 Å². The first kappa shape index (κ1) is 32.5. The van der Waals surface area contributed by atoms with E-state index in [0.717, 1.165) is 42.6 Å². The van der Waals surface area contributed by atoms with E-state index >= 15 is 0 Å². The predicted octanol–water partition coefficient (Wildman–Crippen LogP) is 7.17. The van der Waals surface area contributed by atoms with Gasteiger partial charge in [0.2, 0.25) is 5.91 Å². The van der Waals surface area contributed by atoms with E-state index < -0.39 is 0 Å². The summed E-state index contributed by atoms with van der Waals surface area (Å²) in [7, 11) is 1.59. The molecule has 3 aromatic rings. The fourth-order valence-electron chi connectivity index (χ4n) is 3.94. The highest BCUT2D eigenvalue weighted by Gasteiger charge is 2.31. The summed E-state index contributed by atoms with van der Waals surface area (Å²) >= 11 is 0. The lowest BCUT2D eigenvalue weighted by molar-refractivity contribution is -0.121. The Hall–Kier alpha value is -3.48. The van der Waals surface area contributed by atoms with Gasteiger partial charge in [0.05, 0.1) is 17.6 Å².